The van der Waals surface area contributed by atoms with Gasteiger partial charge >= 0.3 is 0 Å². The lowest BCUT2D eigenvalue weighted by atomic mass is 9.67. The Balaban J connectivity index is 2.77. The minimum Gasteiger partial charge on any atom is -0.0654 e. The Morgan fingerprint density at radius 2 is 1.71 bits per heavy atom. The van der Waals surface area contributed by atoms with Crippen LogP contribution in [0.4, 0.5) is 0 Å². The maximum Gasteiger partial charge on any atom is -0.0269 e. The summed E-state index contributed by atoms with van der Waals surface area (Å²) in [6.45, 7) is 17.1. The molecule has 1 fully saturated rings. The lowest BCUT2D eigenvalue weighted by molar-refractivity contribution is 0.105. The molecule has 0 heterocycles. The molecule has 5 unspecified atom stereocenters. The van der Waals surface area contributed by atoms with E-state index in [1.54, 1.807) is 0 Å². The van der Waals surface area contributed by atoms with Gasteiger partial charge in [0.2, 0.25) is 0 Å². The number of hydrogen-bond donors (Lipinski definition) is 0. The molecule has 1 aliphatic carbocycles. The van der Waals surface area contributed by atoms with Crippen molar-refractivity contribution in [3.8, 4) is 0 Å². The molecule has 0 bridgehead atoms. The Kier molecular flexibility index (Phi) is 5.10. The maximum atomic E-state index is 2.53. The fourth-order valence-electron chi connectivity index (χ4n) is 4.24. The molecule has 0 aromatic rings. The van der Waals surface area contributed by atoms with Crippen molar-refractivity contribution in [2.75, 3.05) is 0 Å². The molecule has 0 nitrogen and oxygen atoms in total. The Morgan fingerprint density at radius 1 is 1.18 bits per heavy atom. The lowest BCUT2D eigenvalue weighted by Gasteiger charge is -2.38. The summed E-state index contributed by atoms with van der Waals surface area (Å²) in [7, 11) is 0. The first kappa shape index (κ1) is 15.1. The fourth-order valence-corrected chi connectivity index (χ4v) is 4.24. The predicted molar refractivity (Wildman–Crippen MR) is 78.1 cm³/mol. The van der Waals surface area contributed by atoms with Crippen LogP contribution in [0.25, 0.3) is 0 Å². The predicted octanol–water partition coefficient (Wildman–Crippen LogP) is 5.77. The van der Waals surface area contributed by atoms with Gasteiger partial charge in [-0.1, -0.05) is 67.7 Å². The van der Waals surface area contributed by atoms with Crippen molar-refractivity contribution in [2.45, 2.75) is 74.1 Å². The highest BCUT2D eigenvalue weighted by Gasteiger charge is 2.53. The molecule has 1 aliphatic rings. The van der Waals surface area contributed by atoms with E-state index >= 15 is 0 Å². The van der Waals surface area contributed by atoms with Crippen molar-refractivity contribution in [2.24, 2.45) is 35.0 Å². The summed E-state index contributed by atoms with van der Waals surface area (Å²) in [6.07, 6.45) is 5.60. The molecule has 0 aromatic carbocycles. The lowest BCUT2D eigenvalue weighted by Crippen LogP contribution is -2.31. The van der Waals surface area contributed by atoms with Crippen LogP contribution in [0.5, 0.6) is 0 Å². The van der Waals surface area contributed by atoms with Gasteiger partial charge in [-0.25, -0.2) is 0 Å². The third-order valence-corrected chi connectivity index (χ3v) is 5.83. The third kappa shape index (κ3) is 3.06. The van der Waals surface area contributed by atoms with Crippen molar-refractivity contribution < 1.29 is 0 Å². The van der Waals surface area contributed by atoms with Gasteiger partial charge in [0.25, 0.3) is 0 Å². The first-order valence-electron chi connectivity index (χ1n) is 7.88. The van der Waals surface area contributed by atoms with E-state index in [0.717, 1.165) is 29.6 Å². The number of rotatable bonds is 7. The van der Waals surface area contributed by atoms with Gasteiger partial charge in [0.1, 0.15) is 0 Å². The first-order chi connectivity index (χ1) is 7.88. The van der Waals surface area contributed by atoms with E-state index in [1.807, 2.05) is 0 Å². The second kappa shape index (κ2) is 5.76. The Morgan fingerprint density at radius 3 is 2.00 bits per heavy atom. The van der Waals surface area contributed by atoms with Crippen molar-refractivity contribution in [3.63, 3.8) is 0 Å². The highest BCUT2D eigenvalue weighted by Crippen LogP contribution is 2.61. The van der Waals surface area contributed by atoms with Gasteiger partial charge in [-0.05, 0) is 41.4 Å². The summed E-state index contributed by atoms with van der Waals surface area (Å²) in [5, 5.41) is 0. The van der Waals surface area contributed by atoms with Crippen LogP contribution in [0.3, 0.4) is 0 Å². The van der Waals surface area contributed by atoms with Crippen molar-refractivity contribution in [1.82, 2.24) is 0 Å². The van der Waals surface area contributed by atoms with Gasteiger partial charge in [0, 0.05) is 0 Å². The summed E-state index contributed by atoms with van der Waals surface area (Å²) in [4.78, 5) is 0. The van der Waals surface area contributed by atoms with Gasteiger partial charge in [0.15, 0.2) is 0 Å². The van der Waals surface area contributed by atoms with Gasteiger partial charge in [-0.15, -0.1) is 0 Å². The smallest absolute Gasteiger partial charge is 0.0269 e. The monoisotopic (exact) mass is 238 g/mol. The molecular weight excluding hydrogens is 204 g/mol. The molecule has 0 N–H and O–H groups in total. The van der Waals surface area contributed by atoms with Gasteiger partial charge in [-0.3, -0.25) is 0 Å². The molecule has 0 saturated heterocycles. The van der Waals surface area contributed by atoms with Crippen molar-refractivity contribution in [1.29, 1.82) is 0 Å². The average Bonchev–Trinajstić information content (AvgIpc) is 2.87. The zero-order valence-corrected chi connectivity index (χ0v) is 13.2. The largest absolute Gasteiger partial charge is 0.0654 e. The van der Waals surface area contributed by atoms with E-state index in [2.05, 4.69) is 48.5 Å². The Hall–Kier alpha value is 0. The summed E-state index contributed by atoms with van der Waals surface area (Å²) >= 11 is 0. The second-order valence-corrected chi connectivity index (χ2v) is 7.18. The molecule has 1 saturated carbocycles. The molecule has 0 amide bonds. The third-order valence-electron chi connectivity index (χ3n) is 5.83. The minimum absolute atomic E-state index is 0.649. The van der Waals surface area contributed by atoms with Gasteiger partial charge < -0.3 is 0 Å². The zero-order chi connectivity index (χ0) is 13.2. The highest BCUT2D eigenvalue weighted by molar-refractivity contribution is 5.02. The SMILES string of the molecule is CCCC(CC)C(C(C)C)C(C)C1(C)CC1C. The molecule has 17 heavy (non-hydrogen) atoms. The van der Waals surface area contributed by atoms with Crippen LogP contribution in [0.2, 0.25) is 0 Å². The fraction of sp³-hybridized carbons (Fsp3) is 1.00. The van der Waals surface area contributed by atoms with Crippen LogP contribution in [-0.4, -0.2) is 0 Å². The topological polar surface area (TPSA) is 0 Å². The molecule has 0 aromatic heterocycles. The molecule has 1 rings (SSSR count). The number of hydrogen-bond acceptors (Lipinski definition) is 0. The second-order valence-electron chi connectivity index (χ2n) is 7.18. The summed E-state index contributed by atoms with van der Waals surface area (Å²) in [5.74, 6) is 4.56. The van der Waals surface area contributed by atoms with Gasteiger partial charge in [-0.2, -0.15) is 0 Å². The molecular formula is C17H34. The standard InChI is InChI=1S/C17H34/c1-8-10-15(9-2)16(12(3)4)14(6)17(7)11-13(17)5/h12-16H,8-11H2,1-7H3. The summed E-state index contributed by atoms with van der Waals surface area (Å²) < 4.78 is 0. The van der Waals surface area contributed by atoms with Gasteiger partial charge in [0.05, 0.1) is 0 Å². The average molecular weight is 238 g/mol. The van der Waals surface area contributed by atoms with Crippen LogP contribution >= 0.6 is 0 Å². The zero-order valence-electron chi connectivity index (χ0n) is 13.2. The van der Waals surface area contributed by atoms with E-state index in [0.29, 0.717) is 5.41 Å². The summed E-state index contributed by atoms with van der Waals surface area (Å²) in [6, 6.07) is 0. The van der Waals surface area contributed by atoms with Crippen LogP contribution in [0.15, 0.2) is 0 Å². The van der Waals surface area contributed by atoms with Crippen LogP contribution < -0.4 is 0 Å². The molecule has 0 spiro atoms. The molecule has 0 aliphatic heterocycles. The minimum atomic E-state index is 0.649. The van der Waals surface area contributed by atoms with E-state index in [4.69, 9.17) is 0 Å². The van der Waals surface area contributed by atoms with Crippen LogP contribution in [0.1, 0.15) is 74.1 Å². The first-order valence-corrected chi connectivity index (χ1v) is 7.88. The Labute approximate surface area is 110 Å². The van der Waals surface area contributed by atoms with E-state index in [-0.39, 0.29) is 0 Å². The molecule has 0 radical (unpaired) electrons. The Bertz CT molecular complexity index is 230. The van der Waals surface area contributed by atoms with Crippen molar-refractivity contribution >= 4 is 0 Å². The normalized spacial score (nSPS) is 33.5. The molecule has 0 heteroatoms. The van der Waals surface area contributed by atoms with E-state index in [1.165, 1.54) is 25.7 Å². The highest BCUT2D eigenvalue weighted by atomic mass is 14.6. The maximum absolute atomic E-state index is 2.53. The quantitative estimate of drug-likeness (QED) is 0.528. The molecule has 5 atom stereocenters. The van der Waals surface area contributed by atoms with Crippen LogP contribution in [-0.2, 0) is 0 Å². The van der Waals surface area contributed by atoms with Crippen LogP contribution in [0, 0.1) is 35.0 Å². The van der Waals surface area contributed by atoms with Crippen molar-refractivity contribution in [3.05, 3.63) is 0 Å². The summed E-state index contributed by atoms with van der Waals surface area (Å²) in [5.41, 5.74) is 0.649. The van der Waals surface area contributed by atoms with E-state index in [9.17, 15) is 0 Å². The van der Waals surface area contributed by atoms with E-state index < -0.39 is 0 Å². The molecule has 102 valence electrons.